The van der Waals surface area contributed by atoms with Crippen LogP contribution in [0.15, 0.2) is 60.7 Å². The molecule has 0 bridgehead atoms. The molecule has 0 aliphatic carbocycles. The summed E-state index contributed by atoms with van der Waals surface area (Å²) in [5, 5.41) is 0. The van der Waals surface area contributed by atoms with Gasteiger partial charge in [-0.25, -0.2) is 0 Å². The van der Waals surface area contributed by atoms with Gasteiger partial charge in [0, 0.05) is 0 Å². The third kappa shape index (κ3) is 16.0. The van der Waals surface area contributed by atoms with Gasteiger partial charge in [-0.05, 0) is 110 Å². The summed E-state index contributed by atoms with van der Waals surface area (Å²) in [5.41, 5.74) is 5.09. The van der Waals surface area contributed by atoms with Gasteiger partial charge in [0.25, 0.3) is 0 Å². The maximum absolute atomic E-state index is 14.1. The fourth-order valence-corrected chi connectivity index (χ4v) is 10.0. The van der Waals surface area contributed by atoms with Gasteiger partial charge in [-0.3, -0.25) is 9.13 Å². The number of rotatable bonds is 30. The van der Waals surface area contributed by atoms with Crippen molar-refractivity contribution in [1.82, 2.24) is 0 Å². The molecule has 0 aromatic heterocycles. The van der Waals surface area contributed by atoms with Crippen molar-refractivity contribution < 1.29 is 36.7 Å². The van der Waals surface area contributed by atoms with E-state index in [1.807, 2.05) is 88.4 Å². The Morgan fingerprint density at radius 2 is 0.741 bits per heavy atom. The smallest absolute Gasteiger partial charge is 0.335 e. The van der Waals surface area contributed by atoms with Crippen molar-refractivity contribution in [2.45, 2.75) is 131 Å². The second-order valence-corrected chi connectivity index (χ2v) is 17.8. The first-order valence-electron chi connectivity index (χ1n) is 20.6. The summed E-state index contributed by atoms with van der Waals surface area (Å²) in [6.45, 7) is 14.1. The highest BCUT2D eigenvalue weighted by Crippen LogP contribution is 2.55. The minimum Gasteiger partial charge on any atom is -0.494 e. The molecule has 0 amide bonds. The number of hydrogen-bond acceptors (Lipinski definition) is 8. The number of hydrogen-bond donors (Lipinski definition) is 0. The van der Waals surface area contributed by atoms with Crippen molar-refractivity contribution in [3.63, 3.8) is 0 Å². The zero-order chi connectivity index (χ0) is 39.1. The maximum atomic E-state index is 14.1. The molecule has 0 aliphatic heterocycles. The summed E-state index contributed by atoms with van der Waals surface area (Å²) in [5.74, 6) is 1.60. The lowest BCUT2D eigenvalue weighted by molar-refractivity contribution is 0.218. The summed E-state index contributed by atoms with van der Waals surface area (Å²) in [6, 6.07) is 20.1. The number of benzene rings is 3. The van der Waals surface area contributed by atoms with Crippen LogP contribution in [0.25, 0.3) is 22.3 Å². The molecule has 0 heterocycles. The van der Waals surface area contributed by atoms with Gasteiger partial charge in [0.05, 0.1) is 52.0 Å². The molecular weight excluding hydrogens is 718 g/mol. The van der Waals surface area contributed by atoms with Crippen molar-refractivity contribution in [3.8, 4) is 33.8 Å². The van der Waals surface area contributed by atoms with Gasteiger partial charge in [0.1, 0.15) is 11.5 Å². The molecule has 10 heteroatoms. The fourth-order valence-electron chi connectivity index (χ4n) is 6.56. The molecule has 0 radical (unpaired) electrons. The topological polar surface area (TPSA) is 89.5 Å². The Morgan fingerprint density at radius 1 is 0.426 bits per heavy atom. The predicted molar refractivity (Wildman–Crippen MR) is 224 cm³/mol. The Bertz CT molecular complexity index is 1420. The molecule has 0 aliphatic rings. The summed E-state index contributed by atoms with van der Waals surface area (Å²) in [6.07, 6.45) is 14.6. The Hall–Kier alpha value is -2.44. The Morgan fingerprint density at radius 3 is 1.06 bits per heavy atom. The van der Waals surface area contributed by atoms with Crippen LogP contribution in [0.3, 0.4) is 0 Å². The monoisotopic (exact) mass is 786 g/mol. The molecule has 0 unspecified atom stereocenters. The number of ether oxygens (including phenoxy) is 2. The van der Waals surface area contributed by atoms with Crippen LogP contribution in [0.2, 0.25) is 0 Å². The van der Waals surface area contributed by atoms with Crippen LogP contribution < -0.4 is 9.47 Å². The zero-order valence-electron chi connectivity index (χ0n) is 34.1. The highest BCUT2D eigenvalue weighted by molar-refractivity contribution is 7.53. The van der Waals surface area contributed by atoms with Gasteiger partial charge in [-0.15, -0.1) is 0 Å². The molecule has 3 rings (SSSR count). The van der Waals surface area contributed by atoms with Gasteiger partial charge >= 0.3 is 15.2 Å². The van der Waals surface area contributed by atoms with E-state index in [1.165, 1.54) is 64.2 Å². The highest BCUT2D eigenvalue weighted by Gasteiger charge is 2.30. The summed E-state index contributed by atoms with van der Waals surface area (Å²) in [7, 11) is -7.00. The van der Waals surface area contributed by atoms with Crippen molar-refractivity contribution in [3.05, 3.63) is 71.8 Å². The lowest BCUT2D eigenvalue weighted by atomic mass is 9.91. The van der Waals surface area contributed by atoms with Crippen LogP contribution in [-0.4, -0.2) is 39.6 Å². The molecule has 54 heavy (non-hydrogen) atoms. The standard InChI is InChI=1S/C44H68O8P2/c1-7-13-15-17-19-21-31-47-41-27-23-37(24-28-41)43-33-40(36-54(46,51-11-5)52-12-6)44(34-39(43)35-53(45,49-9-3)50-10-4)38-25-29-42(30-26-38)48-32-22-20-18-16-14-8-2/h23-30,33-34H,7-22,31-32,35-36H2,1-6H3. The number of unbranched alkanes of at least 4 members (excludes halogenated alkanes) is 10. The maximum Gasteiger partial charge on any atom is 0.335 e. The molecule has 0 atom stereocenters. The average molecular weight is 787 g/mol. The normalized spacial score (nSPS) is 12.0. The van der Waals surface area contributed by atoms with Crippen molar-refractivity contribution in [2.24, 2.45) is 0 Å². The first kappa shape index (κ1) is 45.9. The largest absolute Gasteiger partial charge is 0.494 e. The quantitative estimate of drug-likeness (QED) is 0.0487. The first-order chi connectivity index (χ1) is 26.2. The van der Waals surface area contributed by atoms with Crippen LogP contribution >= 0.6 is 15.2 Å². The molecule has 3 aromatic rings. The fraction of sp³-hybridized carbons (Fsp3) is 0.591. The average Bonchev–Trinajstić information content (AvgIpc) is 3.15. The summed E-state index contributed by atoms with van der Waals surface area (Å²) >= 11 is 0. The van der Waals surface area contributed by atoms with Gasteiger partial charge in [0.2, 0.25) is 0 Å². The lowest BCUT2D eigenvalue weighted by Gasteiger charge is -2.23. The summed E-state index contributed by atoms with van der Waals surface area (Å²) in [4.78, 5) is 0. The van der Waals surface area contributed by atoms with Crippen molar-refractivity contribution in [2.75, 3.05) is 39.6 Å². The minimum atomic E-state index is -3.50. The second kappa shape index (κ2) is 25.7. The van der Waals surface area contributed by atoms with Gasteiger partial charge in [-0.1, -0.05) is 102 Å². The van der Waals surface area contributed by atoms with Crippen LogP contribution in [0.4, 0.5) is 0 Å². The zero-order valence-corrected chi connectivity index (χ0v) is 35.9. The molecule has 302 valence electrons. The van der Waals surface area contributed by atoms with E-state index in [0.29, 0.717) is 13.2 Å². The van der Waals surface area contributed by atoms with E-state index in [0.717, 1.165) is 57.7 Å². The van der Waals surface area contributed by atoms with E-state index in [9.17, 15) is 9.13 Å². The molecule has 8 nitrogen and oxygen atoms in total. The van der Waals surface area contributed by atoms with E-state index >= 15 is 0 Å². The third-order valence-corrected chi connectivity index (χ3v) is 13.3. The van der Waals surface area contributed by atoms with Gasteiger partial charge < -0.3 is 27.6 Å². The molecular formula is C44H68O8P2. The SMILES string of the molecule is CCCCCCCCOc1ccc(-c2cc(CP(=O)(OCC)OCC)c(-c3ccc(OCCCCCCCC)cc3)cc2CP(=O)(OCC)OCC)cc1. The van der Waals surface area contributed by atoms with Crippen LogP contribution in [0.1, 0.15) is 130 Å². The van der Waals surface area contributed by atoms with Crippen LogP contribution in [0.5, 0.6) is 11.5 Å². The highest BCUT2D eigenvalue weighted by atomic mass is 31.2. The lowest BCUT2D eigenvalue weighted by Crippen LogP contribution is -2.04. The van der Waals surface area contributed by atoms with E-state index in [-0.39, 0.29) is 38.8 Å². The predicted octanol–water partition coefficient (Wildman–Crippen LogP) is 14.0. The van der Waals surface area contributed by atoms with Crippen LogP contribution in [0, 0.1) is 0 Å². The van der Waals surface area contributed by atoms with Crippen molar-refractivity contribution in [1.29, 1.82) is 0 Å². The van der Waals surface area contributed by atoms with Crippen LogP contribution in [-0.2, 0) is 39.5 Å². The Labute approximate surface area is 327 Å². The van der Waals surface area contributed by atoms with Crippen molar-refractivity contribution >= 4 is 15.2 Å². The van der Waals surface area contributed by atoms with E-state index in [4.69, 9.17) is 27.6 Å². The molecule has 3 aromatic carbocycles. The first-order valence-corrected chi connectivity index (χ1v) is 24.1. The Kier molecular flexibility index (Phi) is 21.8. The Balaban J connectivity index is 2.03. The van der Waals surface area contributed by atoms with E-state index < -0.39 is 15.2 Å². The summed E-state index contributed by atoms with van der Waals surface area (Å²) < 4.78 is 63.5. The molecule has 0 saturated carbocycles. The molecule has 0 fully saturated rings. The molecule has 0 saturated heterocycles. The van der Waals surface area contributed by atoms with E-state index in [2.05, 4.69) is 13.8 Å². The second-order valence-electron chi connectivity index (χ2n) is 13.7. The minimum absolute atomic E-state index is 0.0710. The third-order valence-electron chi connectivity index (χ3n) is 9.22. The van der Waals surface area contributed by atoms with E-state index in [1.54, 1.807) is 0 Å². The van der Waals surface area contributed by atoms with Gasteiger partial charge in [0.15, 0.2) is 0 Å². The molecule has 0 spiro atoms. The molecule has 0 N–H and O–H groups in total. The van der Waals surface area contributed by atoms with Gasteiger partial charge in [-0.2, -0.15) is 0 Å².